The first-order valence-electron chi connectivity index (χ1n) is 25.3. The first kappa shape index (κ1) is 55.1. The van der Waals surface area contributed by atoms with Crippen molar-refractivity contribution in [3.63, 3.8) is 0 Å². The van der Waals surface area contributed by atoms with Gasteiger partial charge in [0.05, 0.1) is 18.3 Å². The fourth-order valence-electron chi connectivity index (χ4n) is 10.4. The van der Waals surface area contributed by atoms with Crippen molar-refractivity contribution < 1.29 is 59.0 Å². The molecule has 21 heteroatoms. The SMILES string of the molecule is CC1=CC(C)=[N+]2C1=C(CCCCc1cn([C@@H](Cc3ccccc3)C(=O)N[C@@H](Cc3ccccc3)C(=O)N[C@@H](Cc3c(F)c(F)c(F)c(F)c3F)C(=O)N[C@@H](CC(C)C)C(=O)[C@]3(C)CO3)nn1)c1c(C)cc(C)n1[B-]2(F)F. The predicted molar refractivity (Wildman–Crippen MR) is 270 cm³/mol. The summed E-state index contributed by atoms with van der Waals surface area (Å²) >= 11 is 0. The monoisotopic (exact) mass is 1060 g/mol. The van der Waals surface area contributed by atoms with Gasteiger partial charge in [0.15, 0.2) is 34.7 Å². The fraction of sp³-hybridized carbons (Fsp3) is 0.400. The lowest BCUT2D eigenvalue weighted by atomic mass is 9.84. The summed E-state index contributed by atoms with van der Waals surface area (Å²) in [4.78, 5) is 57.2. The van der Waals surface area contributed by atoms with Crippen LogP contribution in [0.4, 0.5) is 30.6 Å². The normalized spacial score (nSPS) is 18.2. The van der Waals surface area contributed by atoms with Crippen LogP contribution in [-0.4, -0.2) is 90.5 Å². The number of aryl methyl sites for hydroxylation is 3. The summed E-state index contributed by atoms with van der Waals surface area (Å²) in [6, 6.07) is 13.2. The van der Waals surface area contributed by atoms with Gasteiger partial charge < -0.3 is 38.3 Å². The average molecular weight is 1060 g/mol. The Hall–Kier alpha value is -7.16. The molecule has 0 saturated carbocycles. The molecule has 5 aromatic rings. The highest BCUT2D eigenvalue weighted by molar-refractivity contribution is 6.58. The van der Waals surface area contributed by atoms with Crippen LogP contribution in [0, 0.1) is 48.9 Å². The number of hydrogen-bond acceptors (Lipinski definition) is 7. The highest BCUT2D eigenvalue weighted by atomic mass is 19.2. The third-order valence-corrected chi connectivity index (χ3v) is 14.3. The number of hydrogen-bond donors (Lipinski definition) is 3. The quantitative estimate of drug-likeness (QED) is 0.0157. The van der Waals surface area contributed by atoms with E-state index in [1.54, 1.807) is 107 Å². The van der Waals surface area contributed by atoms with Crippen LogP contribution in [0.3, 0.4) is 0 Å². The lowest BCUT2D eigenvalue weighted by Gasteiger charge is -2.34. The van der Waals surface area contributed by atoms with Crippen LogP contribution in [0.1, 0.15) is 106 Å². The number of nitrogens with zero attached hydrogens (tertiary/aromatic N) is 5. The third kappa shape index (κ3) is 11.3. The van der Waals surface area contributed by atoms with Crippen LogP contribution in [0.5, 0.6) is 0 Å². The smallest absolute Gasteiger partial charge is 0.394 e. The van der Waals surface area contributed by atoms with Gasteiger partial charge in [0.1, 0.15) is 29.4 Å². The summed E-state index contributed by atoms with van der Waals surface area (Å²) < 4.78 is 115. The average Bonchev–Trinajstić information content (AvgIpc) is 3.73. The number of fused-ring (bicyclic) bond motifs is 2. The van der Waals surface area contributed by atoms with Gasteiger partial charge >= 0.3 is 6.97 Å². The number of nitrogens with one attached hydrogen (secondary N) is 3. The van der Waals surface area contributed by atoms with Crippen LogP contribution in [0.2, 0.25) is 0 Å². The van der Waals surface area contributed by atoms with E-state index in [1.165, 1.54) is 11.6 Å². The number of ether oxygens (including phenoxy) is 1. The summed E-state index contributed by atoms with van der Waals surface area (Å²) in [5.74, 6) is -15.1. The maximum absolute atomic E-state index is 16.2. The molecule has 0 radical (unpaired) electrons. The minimum absolute atomic E-state index is 0.0512. The summed E-state index contributed by atoms with van der Waals surface area (Å²) in [6.45, 7) is 8.05. The minimum Gasteiger partial charge on any atom is -0.394 e. The molecule has 0 unspecified atom stereocenters. The predicted octanol–water partition coefficient (Wildman–Crippen LogP) is 8.31. The molecule has 5 heterocycles. The van der Waals surface area contributed by atoms with Crippen molar-refractivity contribution >= 4 is 41.8 Å². The Kier molecular flexibility index (Phi) is 16.1. The molecule has 3 amide bonds. The zero-order chi connectivity index (χ0) is 55.0. The lowest BCUT2D eigenvalue weighted by Crippen LogP contribution is -2.58. The van der Waals surface area contributed by atoms with Gasteiger partial charge in [-0.2, -0.15) is 0 Å². The van der Waals surface area contributed by atoms with Gasteiger partial charge in [0.2, 0.25) is 23.5 Å². The molecule has 3 aromatic carbocycles. The van der Waals surface area contributed by atoms with Gasteiger partial charge in [-0.3, -0.25) is 19.2 Å². The Labute approximate surface area is 435 Å². The number of epoxide rings is 1. The second-order valence-corrected chi connectivity index (χ2v) is 20.7. The Morgan fingerprint density at radius 1 is 0.750 bits per heavy atom. The highest BCUT2D eigenvalue weighted by Gasteiger charge is 2.55. The maximum Gasteiger partial charge on any atom is 0.737 e. The summed E-state index contributed by atoms with van der Waals surface area (Å²) in [6.07, 6.45) is 4.14. The second kappa shape index (κ2) is 22.2. The van der Waals surface area contributed by atoms with Gasteiger partial charge in [0.25, 0.3) is 0 Å². The topological polar surface area (TPSA) is 156 Å². The van der Waals surface area contributed by atoms with E-state index in [1.807, 2.05) is 13.8 Å². The molecule has 3 aliphatic rings. The van der Waals surface area contributed by atoms with E-state index >= 15 is 17.4 Å². The molecule has 0 bridgehead atoms. The Bertz CT molecular complexity index is 3140. The Balaban J connectivity index is 1.05. The zero-order valence-electron chi connectivity index (χ0n) is 43.3. The molecule has 8 rings (SSSR count). The van der Waals surface area contributed by atoms with Crippen molar-refractivity contribution in [1.82, 2.24) is 35.4 Å². The first-order valence-corrected chi connectivity index (χ1v) is 25.3. The van der Waals surface area contributed by atoms with Gasteiger partial charge in [-0.15, -0.1) is 5.10 Å². The summed E-state index contributed by atoms with van der Waals surface area (Å²) in [5, 5.41) is 16.4. The van der Waals surface area contributed by atoms with Crippen molar-refractivity contribution in [2.75, 3.05) is 6.61 Å². The van der Waals surface area contributed by atoms with Crippen LogP contribution < -0.4 is 16.0 Å². The number of amides is 3. The number of aromatic nitrogens is 4. The Morgan fingerprint density at radius 2 is 1.29 bits per heavy atom. The number of rotatable bonds is 22. The summed E-state index contributed by atoms with van der Waals surface area (Å²) in [7, 11) is 0. The van der Waals surface area contributed by atoms with Crippen molar-refractivity contribution in [3.05, 3.63) is 159 Å². The molecular formula is C55H60BF7N8O5. The number of benzene rings is 3. The van der Waals surface area contributed by atoms with E-state index in [4.69, 9.17) is 4.74 Å². The van der Waals surface area contributed by atoms with Crippen molar-refractivity contribution in [2.24, 2.45) is 5.92 Å². The first-order chi connectivity index (χ1) is 36.0. The molecule has 13 nitrogen and oxygen atoms in total. The van der Waals surface area contributed by atoms with Crippen LogP contribution in [0.15, 0.2) is 90.3 Å². The molecular weight excluding hydrogens is 996 g/mol. The minimum atomic E-state index is -4.11. The van der Waals surface area contributed by atoms with Crippen molar-refractivity contribution in [3.8, 4) is 0 Å². The summed E-state index contributed by atoms with van der Waals surface area (Å²) in [5.41, 5.74) is 3.48. The second-order valence-electron chi connectivity index (χ2n) is 20.7. The number of Topliss-reactive ketones (excluding diaryl/α,β-unsaturated/α-hetero) is 1. The highest BCUT2D eigenvalue weighted by Crippen LogP contribution is 2.43. The molecule has 3 aliphatic heterocycles. The van der Waals surface area contributed by atoms with Crippen molar-refractivity contribution in [2.45, 2.75) is 130 Å². The number of halogens is 7. The van der Waals surface area contributed by atoms with Gasteiger partial charge in [-0.05, 0) is 94.2 Å². The molecule has 0 spiro atoms. The standard InChI is InChI=1S/C55H60BF7N8O5/c1-30(2)22-40(51(72)55(7)29-76-55)64-53(74)42(27-39-44(57)46(59)48(61)47(60)45(39)58)65-52(73)41(25-35-16-10-8-11-17-35)66-54(75)43(26-36-18-12-9-13-19-36)69-28-37(67-68-69)20-14-15-21-38-49-31(3)23-33(5)70(49)56(62,63)71-34(6)24-32(4)50(38)71/h8-13,16-19,23-24,28,30,40-43H,14-15,20-22,25-27,29H2,1-7H3,(H,64,74)(H,65,73)(H,66,75)/t40-,41-,42-,43-,55-/m0/s1. The van der Waals surface area contributed by atoms with Crippen LogP contribution in [-0.2, 0) is 49.6 Å². The Morgan fingerprint density at radius 3 is 1.88 bits per heavy atom. The van der Waals surface area contributed by atoms with E-state index < -0.39 is 101 Å². The third-order valence-electron chi connectivity index (χ3n) is 14.3. The number of unbranched alkanes of at least 4 members (excludes halogenated alkanes) is 1. The number of carbonyl (C=O) groups excluding carboxylic acids is 4. The molecule has 5 atom stereocenters. The van der Waals surface area contributed by atoms with Crippen LogP contribution in [0.25, 0.3) is 5.57 Å². The molecule has 0 aliphatic carbocycles. The molecule has 3 N–H and O–H groups in total. The molecule has 402 valence electrons. The maximum atomic E-state index is 16.2. The lowest BCUT2D eigenvalue weighted by molar-refractivity contribution is -0.363. The van der Waals surface area contributed by atoms with Gasteiger partial charge in [0, 0.05) is 60.9 Å². The molecule has 1 fully saturated rings. The number of carbonyl (C=O) groups is 4. The van der Waals surface area contributed by atoms with Crippen molar-refractivity contribution in [1.29, 1.82) is 0 Å². The van der Waals surface area contributed by atoms with Gasteiger partial charge in [-0.1, -0.05) is 79.7 Å². The van der Waals surface area contributed by atoms with E-state index in [0.29, 0.717) is 65.3 Å². The zero-order valence-corrected chi connectivity index (χ0v) is 43.3. The number of allylic oxidation sites excluding steroid dienone is 3. The van der Waals surface area contributed by atoms with E-state index in [0.717, 1.165) is 25.7 Å². The largest absolute Gasteiger partial charge is 0.737 e. The number of ketones is 1. The van der Waals surface area contributed by atoms with Crippen LogP contribution >= 0.6 is 0 Å². The van der Waals surface area contributed by atoms with E-state index in [2.05, 4.69) is 26.3 Å². The molecule has 1 saturated heterocycles. The molecule has 76 heavy (non-hydrogen) atoms. The molecule has 2 aromatic heterocycles. The fourth-order valence-corrected chi connectivity index (χ4v) is 10.4. The van der Waals surface area contributed by atoms with E-state index in [-0.39, 0.29) is 31.8 Å². The van der Waals surface area contributed by atoms with Gasteiger partial charge in [-0.25, -0.2) is 26.6 Å². The van der Waals surface area contributed by atoms with E-state index in [9.17, 15) is 32.3 Å².